The Kier molecular flexibility index (Phi) is 24.9. The maximum absolute atomic E-state index is 14.5. The van der Waals surface area contributed by atoms with E-state index in [-0.39, 0.29) is 17.0 Å². The number of halogens is 1. The number of aliphatic imine (C=N–C) groups is 2. The van der Waals surface area contributed by atoms with Crippen molar-refractivity contribution in [2.24, 2.45) is 15.9 Å². The van der Waals surface area contributed by atoms with Crippen molar-refractivity contribution in [3.63, 3.8) is 0 Å². The average molecular weight is 846 g/mol. The van der Waals surface area contributed by atoms with E-state index in [1.165, 1.54) is 37.5 Å². The molecule has 0 amide bonds. The number of likely N-dealkylation sites (N-methyl/N-ethyl adjacent to an activating group) is 1. The maximum Gasteiger partial charge on any atom is 0.269 e. The van der Waals surface area contributed by atoms with Crippen LogP contribution in [0.3, 0.4) is 0 Å². The van der Waals surface area contributed by atoms with E-state index in [0.717, 1.165) is 106 Å². The number of fused-ring (bicyclic) bond motifs is 1. The van der Waals surface area contributed by atoms with Gasteiger partial charge >= 0.3 is 0 Å². The first kappa shape index (κ1) is 53.8. The van der Waals surface area contributed by atoms with Gasteiger partial charge in [-0.15, -0.1) is 6.42 Å². The molecule has 0 aromatic heterocycles. The van der Waals surface area contributed by atoms with Crippen LogP contribution in [0.1, 0.15) is 97.6 Å². The lowest BCUT2D eigenvalue weighted by atomic mass is 9.95. The zero-order valence-electron chi connectivity index (χ0n) is 37.7. The minimum Gasteiger partial charge on any atom is -0.492 e. The number of nitro benzene ring substituents is 1. The van der Waals surface area contributed by atoms with Crippen LogP contribution < -0.4 is 4.74 Å². The molecule has 2 fully saturated rings. The molecule has 3 heterocycles. The number of allylic oxidation sites excluding steroid dienone is 2. The molecule has 2 saturated heterocycles. The summed E-state index contributed by atoms with van der Waals surface area (Å²) >= 11 is 0. The molecule has 2 unspecified atom stereocenters. The SMILES string of the molecule is C#Cc1c(F)ccc2cccc(/C(N=CC3=C(N4CCCC(C)C4)N=CC3)=C(\C)CC)c12.C=O.CCN1C(COc2ccc([N+](=O)[O-])cc2)CC[C@]1(C)CC.CO.CO.CO. The molecule has 0 bridgehead atoms. The normalized spacial score (nSPS) is 19.6. The van der Waals surface area contributed by atoms with E-state index in [0.29, 0.717) is 29.9 Å². The summed E-state index contributed by atoms with van der Waals surface area (Å²) in [5, 5.41) is 33.3. The highest BCUT2D eigenvalue weighted by molar-refractivity contribution is 6.00. The van der Waals surface area contributed by atoms with E-state index >= 15 is 0 Å². The summed E-state index contributed by atoms with van der Waals surface area (Å²) in [5.41, 5.74) is 4.65. The number of carbonyl (C=O) groups is 1. The fourth-order valence-electron chi connectivity index (χ4n) is 7.86. The zero-order chi connectivity index (χ0) is 46.1. The average Bonchev–Trinajstić information content (AvgIpc) is 3.92. The molecule has 0 aliphatic carbocycles. The lowest BCUT2D eigenvalue weighted by Gasteiger charge is -2.37. The molecule has 3 aliphatic rings. The highest BCUT2D eigenvalue weighted by atomic mass is 19.1. The zero-order valence-corrected chi connectivity index (χ0v) is 37.7. The first-order chi connectivity index (χ1) is 29.5. The van der Waals surface area contributed by atoms with Crippen molar-refractivity contribution >= 4 is 41.4 Å². The predicted octanol–water partition coefficient (Wildman–Crippen LogP) is 8.86. The summed E-state index contributed by atoms with van der Waals surface area (Å²) in [5.74, 6) is 4.60. The molecule has 3 aromatic rings. The van der Waals surface area contributed by atoms with E-state index in [1.807, 2.05) is 37.4 Å². The lowest BCUT2D eigenvalue weighted by molar-refractivity contribution is -0.384. The van der Waals surface area contributed by atoms with Crippen LogP contribution >= 0.6 is 0 Å². The number of non-ortho nitro benzene ring substituents is 1. The minimum atomic E-state index is -0.397. The van der Waals surface area contributed by atoms with Gasteiger partial charge in [0.15, 0.2) is 0 Å². The van der Waals surface area contributed by atoms with Gasteiger partial charge in [-0.2, -0.15) is 0 Å². The molecule has 334 valence electrons. The largest absolute Gasteiger partial charge is 0.492 e. The van der Waals surface area contributed by atoms with Crippen LogP contribution in [-0.4, -0.2) is 108 Å². The lowest BCUT2D eigenvalue weighted by Crippen LogP contribution is -2.46. The van der Waals surface area contributed by atoms with Crippen LogP contribution in [0.5, 0.6) is 5.75 Å². The number of piperidine rings is 1. The van der Waals surface area contributed by atoms with Gasteiger partial charge in [-0.3, -0.25) is 20.0 Å². The molecule has 13 heteroatoms. The Labute approximate surface area is 362 Å². The number of aliphatic hydroxyl groups is 3. The third kappa shape index (κ3) is 14.4. The maximum atomic E-state index is 14.5. The Balaban J connectivity index is 0.000000557. The van der Waals surface area contributed by atoms with Crippen LogP contribution in [0.15, 0.2) is 81.5 Å². The van der Waals surface area contributed by atoms with Crippen LogP contribution in [0.2, 0.25) is 0 Å². The topological polar surface area (TPSA) is 161 Å². The monoisotopic (exact) mass is 846 g/mol. The molecule has 3 aliphatic heterocycles. The number of nitrogens with zero attached hydrogens (tertiary/aromatic N) is 5. The smallest absolute Gasteiger partial charge is 0.269 e. The Bertz CT molecular complexity index is 1980. The number of terminal acetylenes is 1. The van der Waals surface area contributed by atoms with Gasteiger partial charge in [0.1, 0.15) is 30.8 Å². The first-order valence-electron chi connectivity index (χ1n) is 20.7. The van der Waals surface area contributed by atoms with Crippen molar-refractivity contribution < 1.29 is 34.2 Å². The molecule has 12 nitrogen and oxygen atoms in total. The molecule has 0 radical (unpaired) electrons. The van der Waals surface area contributed by atoms with Gasteiger partial charge in [-0.05, 0) is 94.0 Å². The number of carbonyl (C=O) groups excluding carboxylic acids is 1. The third-order valence-electron chi connectivity index (χ3n) is 11.2. The Hall–Kier alpha value is -5.26. The fraction of sp³-hybridized carbons (Fsp3) is 0.479. The van der Waals surface area contributed by atoms with E-state index in [9.17, 15) is 14.5 Å². The summed E-state index contributed by atoms with van der Waals surface area (Å²) in [7, 11) is 3.00. The fourth-order valence-corrected chi connectivity index (χ4v) is 7.86. The summed E-state index contributed by atoms with van der Waals surface area (Å²) in [6.07, 6.45) is 17.2. The standard InChI is InChI=1S/C28H30FN3.C16H24N2O3.3CH4O.CH2O/c1-5-20(4)27(24-11-7-10-21-12-13-25(29)23(6-2)26(21)24)31-17-22-14-15-30-28(22)32-16-8-9-19(3)18-32;1-4-16(3)11-10-14(17(16)5-2)12-21-15-8-6-13(7-9-15)18(19)20;4*1-2/h2,7,10-13,15,17,19H,5,8-9,14,16,18H2,1,3-4H3;6-9,14H,4-5,10-12H2,1-3H3;3*2H,1H3;1H2/b27-20-,31-17?;;;;;/t;14?,16-;;;;/m.0..../s1. The van der Waals surface area contributed by atoms with E-state index < -0.39 is 4.92 Å². The number of ether oxygens (including phenoxy) is 1. The number of benzene rings is 3. The van der Waals surface area contributed by atoms with Crippen molar-refractivity contribution in [3.8, 4) is 18.1 Å². The predicted molar refractivity (Wildman–Crippen MR) is 248 cm³/mol. The highest BCUT2D eigenvalue weighted by Gasteiger charge is 2.40. The number of hydrogen-bond acceptors (Lipinski definition) is 11. The second kappa shape index (κ2) is 28.3. The van der Waals surface area contributed by atoms with E-state index in [2.05, 4.69) is 62.3 Å². The number of rotatable bonds is 11. The van der Waals surface area contributed by atoms with Crippen molar-refractivity contribution in [3.05, 3.63) is 98.6 Å². The highest BCUT2D eigenvalue weighted by Crippen LogP contribution is 2.37. The van der Waals surface area contributed by atoms with Crippen molar-refractivity contribution in [2.45, 2.75) is 98.1 Å². The van der Waals surface area contributed by atoms with Gasteiger partial charge < -0.3 is 29.8 Å². The number of likely N-dealkylation sites (tertiary alicyclic amines) is 2. The van der Waals surface area contributed by atoms with Gasteiger partial charge in [-0.1, -0.05) is 57.9 Å². The second-order valence-corrected chi connectivity index (χ2v) is 14.7. The van der Waals surface area contributed by atoms with Crippen LogP contribution in [0, 0.1) is 34.2 Å². The second-order valence-electron chi connectivity index (χ2n) is 14.7. The van der Waals surface area contributed by atoms with Crippen LogP contribution in [0.4, 0.5) is 10.1 Å². The summed E-state index contributed by atoms with van der Waals surface area (Å²) in [6.45, 7) is 19.0. The summed E-state index contributed by atoms with van der Waals surface area (Å²) in [6, 6.07) is 15.9. The molecule has 0 spiro atoms. The Morgan fingerprint density at radius 2 is 1.75 bits per heavy atom. The van der Waals surface area contributed by atoms with Gasteiger partial charge in [-0.25, -0.2) is 9.38 Å². The number of aliphatic hydroxyl groups excluding tert-OH is 3. The Morgan fingerprint density at radius 3 is 2.33 bits per heavy atom. The molecular formula is C48H68FN5O7. The van der Waals surface area contributed by atoms with E-state index in [4.69, 9.17) is 36.3 Å². The van der Waals surface area contributed by atoms with E-state index in [1.54, 1.807) is 18.2 Å². The van der Waals surface area contributed by atoms with Gasteiger partial charge in [0.05, 0.1) is 16.2 Å². The minimum absolute atomic E-state index is 0.0944. The van der Waals surface area contributed by atoms with Crippen LogP contribution in [0.25, 0.3) is 16.5 Å². The third-order valence-corrected chi connectivity index (χ3v) is 11.2. The molecule has 3 aromatic carbocycles. The van der Waals surface area contributed by atoms with Crippen molar-refractivity contribution in [2.75, 3.05) is 47.6 Å². The van der Waals surface area contributed by atoms with Crippen LogP contribution in [-0.2, 0) is 4.79 Å². The molecule has 0 saturated carbocycles. The number of nitro groups is 1. The Morgan fingerprint density at radius 1 is 1.08 bits per heavy atom. The van der Waals surface area contributed by atoms with Gasteiger partial charge in [0, 0.05) is 93.5 Å². The number of hydrogen-bond donors (Lipinski definition) is 3. The molecule has 61 heavy (non-hydrogen) atoms. The molecular weight excluding hydrogens is 778 g/mol. The quantitative estimate of drug-likeness (QED) is 0.0741. The summed E-state index contributed by atoms with van der Waals surface area (Å²) in [4.78, 5) is 32.8. The van der Waals surface area contributed by atoms with Crippen molar-refractivity contribution in [1.29, 1.82) is 0 Å². The molecule has 3 N–H and O–H groups in total. The molecule has 3 atom stereocenters. The van der Waals surface area contributed by atoms with Gasteiger partial charge in [0.25, 0.3) is 5.69 Å². The first-order valence-corrected chi connectivity index (χ1v) is 20.7. The molecule has 6 rings (SSSR count). The van der Waals surface area contributed by atoms with Crippen molar-refractivity contribution in [1.82, 2.24) is 9.80 Å². The summed E-state index contributed by atoms with van der Waals surface area (Å²) < 4.78 is 20.4. The van der Waals surface area contributed by atoms with Gasteiger partial charge in [0.2, 0.25) is 0 Å².